The number of amides is 1. The third-order valence-corrected chi connectivity index (χ3v) is 3.59. The van der Waals surface area contributed by atoms with Gasteiger partial charge in [-0.2, -0.15) is 0 Å². The van der Waals surface area contributed by atoms with Crippen molar-refractivity contribution in [3.63, 3.8) is 0 Å². The number of anilines is 2. The van der Waals surface area contributed by atoms with Crippen LogP contribution < -0.4 is 10.6 Å². The smallest absolute Gasteiger partial charge is 0.270 e. The number of ether oxygens (including phenoxy) is 1. The van der Waals surface area contributed by atoms with Crippen LogP contribution in [0.3, 0.4) is 0 Å². The second-order valence-electron chi connectivity index (χ2n) is 4.72. The summed E-state index contributed by atoms with van der Waals surface area (Å²) in [6, 6.07) is 6.69. The molecule has 1 amide bonds. The van der Waals surface area contributed by atoms with Crippen LogP contribution in [-0.2, 0) is 4.74 Å². The Balaban J connectivity index is 2.16. The molecule has 1 aromatic heterocycles. The van der Waals surface area contributed by atoms with Gasteiger partial charge < -0.3 is 15.4 Å². The van der Waals surface area contributed by atoms with Crippen LogP contribution in [0.15, 0.2) is 24.3 Å². The van der Waals surface area contributed by atoms with Gasteiger partial charge in [0.05, 0.1) is 16.7 Å². The summed E-state index contributed by atoms with van der Waals surface area (Å²) in [6.45, 7) is 2.63. The van der Waals surface area contributed by atoms with Crippen molar-refractivity contribution in [3.8, 4) is 0 Å². The van der Waals surface area contributed by atoms with E-state index in [-0.39, 0.29) is 11.6 Å². The molecule has 0 radical (unpaired) electrons. The monoisotopic (exact) mass is 354 g/mol. The quantitative estimate of drug-likeness (QED) is 0.779. The standard InChI is InChI=1S/C15H16Cl2N4O2/c1-9-7-13(14(22)18-5-6-23-2)21-15(19-9)20-10-3-4-11(16)12(17)8-10/h3-4,7-8H,5-6H2,1-2H3,(H,18,22)(H,19,20,21). The maximum atomic E-state index is 12.1. The van der Waals surface area contributed by atoms with E-state index < -0.39 is 0 Å². The van der Waals surface area contributed by atoms with Gasteiger partial charge in [0.25, 0.3) is 5.91 Å². The molecule has 2 rings (SSSR count). The van der Waals surface area contributed by atoms with E-state index in [4.69, 9.17) is 27.9 Å². The highest BCUT2D eigenvalue weighted by Crippen LogP contribution is 2.26. The van der Waals surface area contributed by atoms with Gasteiger partial charge in [-0.25, -0.2) is 9.97 Å². The van der Waals surface area contributed by atoms with Gasteiger partial charge in [0.2, 0.25) is 5.95 Å². The summed E-state index contributed by atoms with van der Waals surface area (Å²) in [4.78, 5) is 20.5. The van der Waals surface area contributed by atoms with Gasteiger partial charge in [-0.1, -0.05) is 23.2 Å². The first-order valence-corrected chi connectivity index (χ1v) is 7.60. The fourth-order valence-electron chi connectivity index (χ4n) is 1.80. The van der Waals surface area contributed by atoms with Gasteiger partial charge in [0.1, 0.15) is 5.69 Å². The molecule has 122 valence electrons. The molecule has 2 N–H and O–H groups in total. The lowest BCUT2D eigenvalue weighted by Gasteiger charge is -2.09. The van der Waals surface area contributed by atoms with Crippen molar-refractivity contribution in [2.75, 3.05) is 25.6 Å². The normalized spacial score (nSPS) is 10.4. The number of aryl methyl sites for hydroxylation is 1. The Kier molecular flexibility index (Phi) is 6.15. The maximum Gasteiger partial charge on any atom is 0.270 e. The summed E-state index contributed by atoms with van der Waals surface area (Å²) in [7, 11) is 1.57. The summed E-state index contributed by atoms with van der Waals surface area (Å²) >= 11 is 11.9. The first-order valence-electron chi connectivity index (χ1n) is 6.84. The highest BCUT2D eigenvalue weighted by atomic mass is 35.5. The zero-order valence-electron chi connectivity index (χ0n) is 12.7. The number of hydrogen-bond acceptors (Lipinski definition) is 5. The average molecular weight is 355 g/mol. The van der Waals surface area contributed by atoms with Gasteiger partial charge in [-0.05, 0) is 31.2 Å². The van der Waals surface area contributed by atoms with Crippen LogP contribution >= 0.6 is 23.2 Å². The van der Waals surface area contributed by atoms with E-state index in [2.05, 4.69) is 20.6 Å². The number of nitrogens with one attached hydrogen (secondary N) is 2. The number of carbonyl (C=O) groups excluding carboxylic acids is 1. The van der Waals surface area contributed by atoms with Gasteiger partial charge in [-0.3, -0.25) is 4.79 Å². The number of halogens is 2. The van der Waals surface area contributed by atoms with Crippen LogP contribution in [-0.4, -0.2) is 36.1 Å². The summed E-state index contributed by atoms with van der Waals surface area (Å²) in [5.74, 6) is 0.0185. The predicted molar refractivity (Wildman–Crippen MR) is 90.7 cm³/mol. The molecule has 6 nitrogen and oxygen atoms in total. The van der Waals surface area contributed by atoms with E-state index in [0.29, 0.717) is 40.5 Å². The van der Waals surface area contributed by atoms with Crippen molar-refractivity contribution < 1.29 is 9.53 Å². The Morgan fingerprint density at radius 2 is 2.00 bits per heavy atom. The molecule has 0 unspecified atom stereocenters. The van der Waals surface area contributed by atoms with E-state index in [0.717, 1.165) is 0 Å². The van der Waals surface area contributed by atoms with Crippen molar-refractivity contribution in [2.24, 2.45) is 0 Å². The molecule has 0 aliphatic heterocycles. The molecule has 0 saturated heterocycles. The number of nitrogens with zero attached hydrogens (tertiary/aromatic N) is 2. The van der Waals surface area contributed by atoms with E-state index in [1.54, 1.807) is 38.3 Å². The molecule has 0 fully saturated rings. The van der Waals surface area contributed by atoms with Gasteiger partial charge >= 0.3 is 0 Å². The fourth-order valence-corrected chi connectivity index (χ4v) is 2.10. The molecule has 0 saturated carbocycles. The Morgan fingerprint density at radius 3 is 2.70 bits per heavy atom. The number of methoxy groups -OCH3 is 1. The van der Waals surface area contributed by atoms with Crippen LogP contribution in [0.2, 0.25) is 10.0 Å². The third kappa shape index (κ3) is 5.06. The van der Waals surface area contributed by atoms with E-state index >= 15 is 0 Å². The third-order valence-electron chi connectivity index (χ3n) is 2.85. The van der Waals surface area contributed by atoms with Gasteiger partial charge in [0, 0.05) is 25.0 Å². The summed E-state index contributed by atoms with van der Waals surface area (Å²) in [6.07, 6.45) is 0. The van der Waals surface area contributed by atoms with Crippen LogP contribution in [0.5, 0.6) is 0 Å². The minimum absolute atomic E-state index is 0.274. The molecule has 2 aromatic rings. The Labute approximate surface area is 144 Å². The molecule has 1 aromatic carbocycles. The number of aromatic nitrogens is 2. The van der Waals surface area contributed by atoms with Crippen LogP contribution in [0.4, 0.5) is 11.6 Å². The predicted octanol–water partition coefficient (Wildman–Crippen LogP) is 3.21. The second-order valence-corrected chi connectivity index (χ2v) is 5.54. The number of rotatable bonds is 6. The van der Waals surface area contributed by atoms with Crippen molar-refractivity contribution in [1.82, 2.24) is 15.3 Å². The minimum atomic E-state index is -0.287. The summed E-state index contributed by atoms with van der Waals surface area (Å²) in [5, 5.41) is 6.60. The molecule has 0 aliphatic carbocycles. The van der Waals surface area contributed by atoms with E-state index in [1.165, 1.54) is 0 Å². The molecular weight excluding hydrogens is 339 g/mol. The SMILES string of the molecule is COCCNC(=O)c1cc(C)nc(Nc2ccc(Cl)c(Cl)c2)n1. The molecule has 8 heteroatoms. The lowest BCUT2D eigenvalue weighted by atomic mass is 10.3. The second kappa shape index (κ2) is 8.10. The maximum absolute atomic E-state index is 12.1. The van der Waals surface area contributed by atoms with Crippen molar-refractivity contribution in [2.45, 2.75) is 6.92 Å². The van der Waals surface area contributed by atoms with Crippen LogP contribution in [0.1, 0.15) is 16.2 Å². The zero-order valence-corrected chi connectivity index (χ0v) is 14.2. The zero-order chi connectivity index (χ0) is 16.8. The van der Waals surface area contributed by atoms with Crippen LogP contribution in [0.25, 0.3) is 0 Å². The van der Waals surface area contributed by atoms with Crippen molar-refractivity contribution in [1.29, 1.82) is 0 Å². The average Bonchev–Trinajstić information content (AvgIpc) is 2.50. The molecule has 0 spiro atoms. The molecule has 0 bridgehead atoms. The molecule has 0 atom stereocenters. The van der Waals surface area contributed by atoms with Crippen LogP contribution in [0, 0.1) is 6.92 Å². The van der Waals surface area contributed by atoms with Crippen molar-refractivity contribution in [3.05, 3.63) is 45.7 Å². The molecular formula is C15H16Cl2N4O2. The highest BCUT2D eigenvalue weighted by Gasteiger charge is 2.10. The highest BCUT2D eigenvalue weighted by molar-refractivity contribution is 6.42. The van der Waals surface area contributed by atoms with E-state index in [1.807, 2.05) is 0 Å². The Morgan fingerprint density at radius 1 is 1.22 bits per heavy atom. The first kappa shape index (κ1) is 17.5. The largest absolute Gasteiger partial charge is 0.383 e. The van der Waals surface area contributed by atoms with Gasteiger partial charge in [-0.15, -0.1) is 0 Å². The Hall–Kier alpha value is -1.89. The lowest BCUT2D eigenvalue weighted by molar-refractivity contribution is 0.0932. The van der Waals surface area contributed by atoms with Gasteiger partial charge in [0.15, 0.2) is 0 Å². The fraction of sp³-hybridized carbons (Fsp3) is 0.267. The summed E-state index contributed by atoms with van der Waals surface area (Å²) < 4.78 is 4.89. The number of benzene rings is 1. The lowest BCUT2D eigenvalue weighted by Crippen LogP contribution is -2.28. The molecule has 23 heavy (non-hydrogen) atoms. The number of carbonyl (C=O) groups is 1. The minimum Gasteiger partial charge on any atom is -0.383 e. The van der Waals surface area contributed by atoms with E-state index in [9.17, 15) is 4.79 Å². The molecule has 0 aliphatic rings. The number of hydrogen-bond donors (Lipinski definition) is 2. The Bertz CT molecular complexity index is 710. The van der Waals surface area contributed by atoms with Crippen molar-refractivity contribution >= 4 is 40.7 Å². The molecule has 1 heterocycles. The topological polar surface area (TPSA) is 76.1 Å². The summed E-state index contributed by atoms with van der Waals surface area (Å²) in [5.41, 5.74) is 1.62. The first-order chi connectivity index (χ1) is 11.0.